The van der Waals surface area contributed by atoms with Gasteiger partial charge >= 0.3 is 0 Å². The van der Waals surface area contributed by atoms with Gasteiger partial charge in [0, 0.05) is 18.1 Å². The van der Waals surface area contributed by atoms with Gasteiger partial charge in [-0.3, -0.25) is 4.99 Å². The van der Waals surface area contributed by atoms with Crippen molar-refractivity contribution < 1.29 is 0 Å². The number of allylic oxidation sites excluding steroid dienone is 2. The largest absolute Gasteiger partial charge is 0.397 e. The molecule has 2 heteroatoms. The van der Waals surface area contributed by atoms with E-state index in [1.807, 2.05) is 6.92 Å². The summed E-state index contributed by atoms with van der Waals surface area (Å²) in [5.74, 6) is 0. The van der Waals surface area contributed by atoms with Gasteiger partial charge in [-0.1, -0.05) is 13.2 Å². The summed E-state index contributed by atoms with van der Waals surface area (Å²) in [4.78, 5) is 3.86. The molecule has 0 aromatic heterocycles. The molecule has 2 nitrogen and oxygen atoms in total. The van der Waals surface area contributed by atoms with E-state index in [1.54, 1.807) is 6.21 Å². The maximum Gasteiger partial charge on any atom is 0.0497 e. The van der Waals surface area contributed by atoms with Crippen LogP contribution in [-0.4, -0.2) is 6.21 Å². The molecule has 0 aromatic rings. The van der Waals surface area contributed by atoms with Gasteiger partial charge in [-0.25, -0.2) is 0 Å². The second-order valence-corrected chi connectivity index (χ2v) is 1.96. The normalized spacial score (nSPS) is 11.9. The maximum absolute atomic E-state index is 5.36. The zero-order valence-electron chi connectivity index (χ0n) is 6.17. The van der Waals surface area contributed by atoms with Gasteiger partial charge in [0.05, 0.1) is 0 Å². The Morgan fingerprint density at radius 1 is 1.60 bits per heavy atom. The number of hydrogen-bond acceptors (Lipinski definition) is 2. The molecule has 0 bridgehead atoms. The molecule has 10 heavy (non-hydrogen) atoms. The van der Waals surface area contributed by atoms with E-state index < -0.39 is 0 Å². The van der Waals surface area contributed by atoms with Crippen molar-refractivity contribution in [1.29, 1.82) is 0 Å². The molecule has 0 saturated carbocycles. The molecule has 54 valence electrons. The van der Waals surface area contributed by atoms with Crippen LogP contribution in [0.2, 0.25) is 0 Å². The van der Waals surface area contributed by atoms with Crippen LogP contribution in [0, 0.1) is 0 Å². The molecule has 0 saturated heterocycles. The quantitative estimate of drug-likeness (QED) is 0.464. The van der Waals surface area contributed by atoms with E-state index in [4.69, 9.17) is 5.73 Å². The summed E-state index contributed by atoms with van der Waals surface area (Å²) in [6.07, 6.45) is 4.70. The summed E-state index contributed by atoms with van der Waals surface area (Å²) in [5.41, 5.74) is 6.81. The molecular weight excluding hydrogens is 124 g/mol. The van der Waals surface area contributed by atoms with Gasteiger partial charge < -0.3 is 5.73 Å². The van der Waals surface area contributed by atoms with Crippen LogP contribution in [0.25, 0.3) is 0 Å². The predicted octanol–water partition coefficient (Wildman–Crippen LogP) is 1.62. The van der Waals surface area contributed by atoms with Crippen LogP contribution < -0.4 is 5.73 Å². The molecule has 0 amide bonds. The van der Waals surface area contributed by atoms with Gasteiger partial charge in [0.15, 0.2) is 0 Å². The van der Waals surface area contributed by atoms with Gasteiger partial charge in [-0.15, -0.1) is 0 Å². The Morgan fingerprint density at radius 3 is 2.60 bits per heavy atom. The number of nitrogens with two attached hydrogens (primary N) is 1. The lowest BCUT2D eigenvalue weighted by molar-refractivity contribution is 1.37. The van der Waals surface area contributed by atoms with Crippen molar-refractivity contribution in [2.24, 2.45) is 10.7 Å². The lowest BCUT2D eigenvalue weighted by atomic mass is 10.4. The third kappa shape index (κ3) is 4.84. The van der Waals surface area contributed by atoms with E-state index in [1.165, 1.54) is 12.3 Å². The van der Waals surface area contributed by atoms with Crippen molar-refractivity contribution in [1.82, 2.24) is 0 Å². The molecule has 0 unspecified atom stereocenters. The first-order valence-corrected chi connectivity index (χ1v) is 2.93. The topological polar surface area (TPSA) is 38.4 Å². The molecule has 0 rings (SSSR count). The SMILES string of the molecule is C=C/C(N)=C\N=C/C(=C)C. The minimum absolute atomic E-state index is 0.553. The Morgan fingerprint density at radius 2 is 2.20 bits per heavy atom. The van der Waals surface area contributed by atoms with Gasteiger partial charge in [-0.05, 0) is 18.6 Å². The molecule has 0 aliphatic rings. The fraction of sp³-hybridized carbons (Fsp3) is 0.125. The first-order chi connectivity index (χ1) is 4.66. The molecule has 0 radical (unpaired) electrons. The van der Waals surface area contributed by atoms with Crippen molar-refractivity contribution in [3.05, 3.63) is 36.7 Å². The smallest absolute Gasteiger partial charge is 0.0497 e. The van der Waals surface area contributed by atoms with E-state index in [-0.39, 0.29) is 0 Å². The highest BCUT2D eigenvalue weighted by Gasteiger charge is 1.75. The lowest BCUT2D eigenvalue weighted by Crippen LogP contribution is -1.90. The van der Waals surface area contributed by atoms with Crippen molar-refractivity contribution >= 4 is 6.21 Å². The summed E-state index contributed by atoms with van der Waals surface area (Å²) in [6, 6.07) is 0. The van der Waals surface area contributed by atoms with Gasteiger partial charge in [0.25, 0.3) is 0 Å². The monoisotopic (exact) mass is 136 g/mol. The van der Waals surface area contributed by atoms with Crippen LogP contribution in [0.1, 0.15) is 6.92 Å². The number of aliphatic imine (C=N–C) groups is 1. The highest BCUT2D eigenvalue weighted by Crippen LogP contribution is 1.86. The summed E-state index contributed by atoms with van der Waals surface area (Å²) in [7, 11) is 0. The minimum atomic E-state index is 0.553. The first-order valence-electron chi connectivity index (χ1n) is 2.93. The molecule has 0 aromatic carbocycles. The number of nitrogens with zero attached hydrogens (tertiary/aromatic N) is 1. The predicted molar refractivity (Wildman–Crippen MR) is 45.8 cm³/mol. The summed E-state index contributed by atoms with van der Waals surface area (Å²) in [6.45, 7) is 8.96. The van der Waals surface area contributed by atoms with Crippen LogP contribution in [0.3, 0.4) is 0 Å². The second-order valence-electron chi connectivity index (χ2n) is 1.96. The highest BCUT2D eigenvalue weighted by atomic mass is 14.7. The van der Waals surface area contributed by atoms with Gasteiger partial charge in [-0.2, -0.15) is 0 Å². The van der Waals surface area contributed by atoms with E-state index in [0.717, 1.165) is 5.57 Å². The molecular formula is C8H12N2. The number of hydrogen-bond donors (Lipinski definition) is 1. The van der Waals surface area contributed by atoms with Crippen LogP contribution >= 0.6 is 0 Å². The maximum atomic E-state index is 5.36. The Labute approximate surface area is 61.5 Å². The molecule has 2 N–H and O–H groups in total. The Kier molecular flexibility index (Phi) is 3.96. The summed E-state index contributed by atoms with van der Waals surface area (Å²) >= 11 is 0. The fourth-order valence-electron chi connectivity index (χ4n) is 0.303. The molecule has 0 heterocycles. The first kappa shape index (κ1) is 8.69. The minimum Gasteiger partial charge on any atom is -0.397 e. The van der Waals surface area contributed by atoms with Crippen LogP contribution in [-0.2, 0) is 0 Å². The number of rotatable bonds is 3. The fourth-order valence-corrected chi connectivity index (χ4v) is 0.303. The highest BCUT2D eigenvalue weighted by molar-refractivity contribution is 5.77. The lowest BCUT2D eigenvalue weighted by Gasteiger charge is -1.85. The van der Waals surface area contributed by atoms with Crippen LogP contribution in [0.15, 0.2) is 41.7 Å². The van der Waals surface area contributed by atoms with Crippen LogP contribution in [0.5, 0.6) is 0 Å². The molecule has 0 aliphatic heterocycles. The van der Waals surface area contributed by atoms with Crippen LogP contribution in [0.4, 0.5) is 0 Å². The molecule has 0 aliphatic carbocycles. The van der Waals surface area contributed by atoms with E-state index in [0.29, 0.717) is 5.70 Å². The van der Waals surface area contributed by atoms with E-state index in [2.05, 4.69) is 18.2 Å². The average molecular weight is 136 g/mol. The Hall–Kier alpha value is -1.31. The van der Waals surface area contributed by atoms with Gasteiger partial charge in [0.1, 0.15) is 0 Å². The van der Waals surface area contributed by atoms with Crippen molar-refractivity contribution in [2.75, 3.05) is 0 Å². The third-order valence-corrected chi connectivity index (χ3v) is 0.754. The second kappa shape index (κ2) is 4.56. The van der Waals surface area contributed by atoms with Crippen molar-refractivity contribution in [3.63, 3.8) is 0 Å². The summed E-state index contributed by atoms with van der Waals surface area (Å²) < 4.78 is 0. The van der Waals surface area contributed by atoms with E-state index in [9.17, 15) is 0 Å². The van der Waals surface area contributed by atoms with E-state index >= 15 is 0 Å². The molecule has 0 atom stereocenters. The average Bonchev–Trinajstić information content (AvgIpc) is 1.87. The zero-order chi connectivity index (χ0) is 7.98. The molecule has 0 fully saturated rings. The zero-order valence-corrected chi connectivity index (χ0v) is 6.17. The third-order valence-electron chi connectivity index (χ3n) is 0.754. The standard InChI is InChI=1S/C8H12N2/c1-4-8(9)6-10-5-7(2)3/h4-6H,1-2,9H2,3H3/b8-6+,10-5-. The Balaban J connectivity index is 3.93. The van der Waals surface area contributed by atoms with Crippen molar-refractivity contribution in [3.8, 4) is 0 Å². The molecule has 0 spiro atoms. The Bertz CT molecular complexity index is 187. The van der Waals surface area contributed by atoms with Crippen molar-refractivity contribution in [2.45, 2.75) is 6.92 Å². The summed E-state index contributed by atoms with van der Waals surface area (Å²) in [5, 5.41) is 0. The van der Waals surface area contributed by atoms with Gasteiger partial charge in [0.2, 0.25) is 0 Å².